The quantitative estimate of drug-likeness (QED) is 0.0265. The van der Waals surface area contributed by atoms with Crippen LogP contribution in [0, 0.1) is 0 Å². The Morgan fingerprint density at radius 2 is 0.967 bits per heavy atom. The molecule has 1 saturated heterocycles. The van der Waals surface area contributed by atoms with E-state index in [-0.39, 0.29) is 32.0 Å². The number of hydrogen-bond donors (Lipinski definition) is 4. The summed E-state index contributed by atoms with van der Waals surface area (Å²) in [6.07, 6.45) is 41.5. The zero-order chi connectivity index (χ0) is 44.4. The molecule has 1 aliphatic heterocycles. The van der Waals surface area contributed by atoms with Crippen molar-refractivity contribution in [3.63, 3.8) is 0 Å². The van der Waals surface area contributed by atoms with Gasteiger partial charge in [0.15, 0.2) is 12.4 Å². The van der Waals surface area contributed by atoms with Crippen LogP contribution in [0.5, 0.6) is 0 Å². The van der Waals surface area contributed by atoms with Crippen molar-refractivity contribution in [3.8, 4) is 0 Å². The summed E-state index contributed by atoms with van der Waals surface area (Å²) in [7, 11) is 0. The number of allylic oxidation sites excluding steroid dienone is 6. The molecular formula is C51H92O10. The number of esters is 2. The Balaban J connectivity index is 2.26. The van der Waals surface area contributed by atoms with Gasteiger partial charge in [-0.15, -0.1) is 0 Å². The largest absolute Gasteiger partial charge is 0.462 e. The maximum atomic E-state index is 12.8. The molecule has 0 aromatic carbocycles. The first-order valence-electron chi connectivity index (χ1n) is 25.1. The molecule has 0 aromatic rings. The summed E-state index contributed by atoms with van der Waals surface area (Å²) in [6.45, 7) is 3.32. The van der Waals surface area contributed by atoms with Crippen LogP contribution in [-0.2, 0) is 28.5 Å². The van der Waals surface area contributed by atoms with Gasteiger partial charge in [-0.2, -0.15) is 0 Å². The molecule has 6 atom stereocenters. The van der Waals surface area contributed by atoms with Crippen LogP contribution in [0.3, 0.4) is 0 Å². The van der Waals surface area contributed by atoms with Crippen LogP contribution in [0.1, 0.15) is 219 Å². The van der Waals surface area contributed by atoms with Crippen LogP contribution >= 0.6 is 0 Å². The highest BCUT2D eigenvalue weighted by atomic mass is 16.7. The summed E-state index contributed by atoms with van der Waals surface area (Å²) >= 11 is 0. The van der Waals surface area contributed by atoms with Crippen molar-refractivity contribution >= 4 is 11.9 Å². The molecule has 10 nitrogen and oxygen atoms in total. The molecule has 0 bridgehead atoms. The van der Waals surface area contributed by atoms with E-state index < -0.39 is 49.4 Å². The standard InChI is InChI=1S/C51H92O10/c1-3-5-7-9-11-13-15-17-19-20-21-22-23-24-26-28-30-32-34-36-38-40-47(54)60-44(43-59-51-50(57)49(56)48(55)45(41-52)61-51)42-58-46(53)39-37-35-33-31-29-27-25-18-16-14-12-10-8-6-4-2/h6,8,12,14,18,25,44-45,48-52,55-57H,3-5,7,9-11,13,15-17,19-24,26-43H2,1-2H3/b8-6+,14-12+,25-18+/t44-,45-,48+,49?,50?,51-/m1/s1. The van der Waals surface area contributed by atoms with Crippen molar-refractivity contribution in [2.24, 2.45) is 0 Å². The normalized spacial score (nSPS) is 20.0. The van der Waals surface area contributed by atoms with E-state index in [1.165, 1.54) is 109 Å². The number of unbranched alkanes of at least 4 members (excludes halogenated alkanes) is 25. The molecule has 10 heteroatoms. The topological polar surface area (TPSA) is 152 Å². The summed E-state index contributed by atoms with van der Waals surface area (Å²) in [5.41, 5.74) is 0. The molecule has 2 unspecified atom stereocenters. The van der Waals surface area contributed by atoms with Gasteiger partial charge in [0.2, 0.25) is 0 Å². The zero-order valence-corrected chi connectivity index (χ0v) is 38.9. The fourth-order valence-corrected chi connectivity index (χ4v) is 7.62. The number of carbonyl (C=O) groups is 2. The zero-order valence-electron chi connectivity index (χ0n) is 38.9. The number of hydrogen-bond acceptors (Lipinski definition) is 10. The van der Waals surface area contributed by atoms with Gasteiger partial charge >= 0.3 is 11.9 Å². The Morgan fingerprint density at radius 3 is 1.46 bits per heavy atom. The molecule has 356 valence electrons. The number of ether oxygens (including phenoxy) is 4. The summed E-state index contributed by atoms with van der Waals surface area (Å²) in [5.74, 6) is -0.818. The van der Waals surface area contributed by atoms with E-state index >= 15 is 0 Å². The number of aliphatic hydroxyl groups excluding tert-OH is 4. The Bertz CT molecular complexity index is 1090. The molecule has 1 aliphatic rings. The van der Waals surface area contributed by atoms with E-state index in [4.69, 9.17) is 18.9 Å². The van der Waals surface area contributed by atoms with Crippen molar-refractivity contribution in [3.05, 3.63) is 36.5 Å². The molecule has 0 saturated carbocycles. The maximum absolute atomic E-state index is 12.8. The van der Waals surface area contributed by atoms with Crippen molar-refractivity contribution in [2.75, 3.05) is 19.8 Å². The number of aliphatic hydroxyl groups is 4. The van der Waals surface area contributed by atoms with Crippen LogP contribution in [-0.4, -0.2) is 89.0 Å². The molecule has 0 aliphatic carbocycles. The minimum Gasteiger partial charge on any atom is -0.462 e. The smallest absolute Gasteiger partial charge is 0.306 e. The van der Waals surface area contributed by atoms with E-state index in [2.05, 4.69) is 50.3 Å². The summed E-state index contributed by atoms with van der Waals surface area (Å²) < 4.78 is 22.2. The Kier molecular flexibility index (Phi) is 39.1. The third kappa shape index (κ3) is 33.1. The molecule has 0 aromatic heterocycles. The molecule has 1 heterocycles. The molecule has 0 spiro atoms. The van der Waals surface area contributed by atoms with Gasteiger partial charge in [0.1, 0.15) is 31.0 Å². The van der Waals surface area contributed by atoms with Crippen LogP contribution in [0.2, 0.25) is 0 Å². The van der Waals surface area contributed by atoms with Crippen molar-refractivity contribution < 1.29 is 49.0 Å². The van der Waals surface area contributed by atoms with Gasteiger partial charge in [0.05, 0.1) is 13.2 Å². The summed E-state index contributed by atoms with van der Waals surface area (Å²) in [6, 6.07) is 0. The van der Waals surface area contributed by atoms with Crippen molar-refractivity contribution in [2.45, 2.75) is 256 Å². The maximum Gasteiger partial charge on any atom is 0.306 e. The lowest BCUT2D eigenvalue weighted by Gasteiger charge is -2.39. The Morgan fingerprint density at radius 1 is 0.525 bits per heavy atom. The van der Waals surface area contributed by atoms with E-state index in [0.29, 0.717) is 12.8 Å². The first-order valence-corrected chi connectivity index (χ1v) is 25.1. The predicted molar refractivity (Wildman–Crippen MR) is 247 cm³/mol. The van der Waals surface area contributed by atoms with Crippen LogP contribution in [0.25, 0.3) is 0 Å². The molecule has 0 amide bonds. The van der Waals surface area contributed by atoms with Gasteiger partial charge in [0.25, 0.3) is 0 Å². The second-order valence-corrected chi connectivity index (χ2v) is 17.2. The van der Waals surface area contributed by atoms with E-state index in [0.717, 1.165) is 70.6 Å². The number of rotatable bonds is 42. The van der Waals surface area contributed by atoms with Crippen LogP contribution in [0.15, 0.2) is 36.5 Å². The minimum absolute atomic E-state index is 0.224. The van der Waals surface area contributed by atoms with Crippen LogP contribution in [0.4, 0.5) is 0 Å². The minimum atomic E-state index is -1.60. The van der Waals surface area contributed by atoms with Gasteiger partial charge < -0.3 is 39.4 Å². The highest BCUT2D eigenvalue weighted by molar-refractivity contribution is 5.70. The lowest BCUT2D eigenvalue weighted by atomic mass is 9.99. The monoisotopic (exact) mass is 865 g/mol. The second kappa shape index (κ2) is 41.9. The highest BCUT2D eigenvalue weighted by Crippen LogP contribution is 2.23. The fraction of sp³-hybridized carbons (Fsp3) is 0.843. The Hall–Kier alpha value is -2.08. The molecular weight excluding hydrogens is 773 g/mol. The van der Waals surface area contributed by atoms with E-state index in [1.807, 2.05) is 0 Å². The van der Waals surface area contributed by atoms with Gasteiger partial charge in [0, 0.05) is 12.8 Å². The van der Waals surface area contributed by atoms with Gasteiger partial charge in [-0.25, -0.2) is 0 Å². The molecule has 4 N–H and O–H groups in total. The van der Waals surface area contributed by atoms with Crippen LogP contribution < -0.4 is 0 Å². The lowest BCUT2D eigenvalue weighted by molar-refractivity contribution is -0.305. The van der Waals surface area contributed by atoms with Gasteiger partial charge in [-0.3, -0.25) is 9.59 Å². The Labute approximate surface area is 372 Å². The van der Waals surface area contributed by atoms with E-state index in [9.17, 15) is 30.0 Å². The number of carbonyl (C=O) groups excluding carboxylic acids is 2. The first-order chi connectivity index (χ1) is 29.8. The average molecular weight is 865 g/mol. The summed E-state index contributed by atoms with van der Waals surface area (Å²) in [5, 5.41) is 40.2. The second-order valence-electron chi connectivity index (χ2n) is 17.2. The van der Waals surface area contributed by atoms with Gasteiger partial charge in [-0.1, -0.05) is 198 Å². The molecule has 1 rings (SSSR count). The molecule has 61 heavy (non-hydrogen) atoms. The third-order valence-electron chi connectivity index (χ3n) is 11.5. The predicted octanol–water partition coefficient (Wildman–Crippen LogP) is 11.4. The molecule has 0 radical (unpaired) electrons. The average Bonchev–Trinajstić information content (AvgIpc) is 3.26. The highest BCUT2D eigenvalue weighted by Gasteiger charge is 2.44. The van der Waals surface area contributed by atoms with Gasteiger partial charge in [-0.05, 0) is 44.9 Å². The van der Waals surface area contributed by atoms with Crippen molar-refractivity contribution in [1.82, 2.24) is 0 Å². The fourth-order valence-electron chi connectivity index (χ4n) is 7.62. The summed E-state index contributed by atoms with van der Waals surface area (Å²) in [4.78, 5) is 25.4. The lowest BCUT2D eigenvalue weighted by Crippen LogP contribution is -2.59. The SMILES string of the molecule is CC/C=C/C/C=C/C/C=C/CCCCCCCC(=O)OC[C@H](CO[C@@H]1O[C@H](CO)[C@H](O)C(O)C1O)OC(=O)CCCCCCCCCCCCCCCCCCCCCCC. The van der Waals surface area contributed by atoms with E-state index in [1.54, 1.807) is 0 Å². The first kappa shape index (κ1) is 56.9. The van der Waals surface area contributed by atoms with Crippen molar-refractivity contribution in [1.29, 1.82) is 0 Å². The third-order valence-corrected chi connectivity index (χ3v) is 11.5. The molecule has 1 fully saturated rings.